The number of nitrogens with one attached hydrogen (secondary N) is 2. The molecule has 0 aliphatic heterocycles. The summed E-state index contributed by atoms with van der Waals surface area (Å²) < 4.78 is 5.95. The Hall–Kier alpha value is -3.00. The van der Waals surface area contributed by atoms with Crippen LogP contribution in [-0.2, 0) is 6.54 Å². The van der Waals surface area contributed by atoms with Crippen molar-refractivity contribution < 1.29 is 9.53 Å². The molecule has 0 aromatic heterocycles. The van der Waals surface area contributed by atoms with Gasteiger partial charge >= 0.3 is 6.03 Å². The fourth-order valence-corrected chi connectivity index (χ4v) is 3.24. The maximum atomic E-state index is 12.1. The van der Waals surface area contributed by atoms with Gasteiger partial charge in [-0.15, -0.1) is 0 Å². The predicted octanol–water partition coefficient (Wildman–Crippen LogP) is 4.44. The third-order valence-electron chi connectivity index (χ3n) is 4.87. The number of ether oxygens (including phenoxy) is 1. The average molecular weight is 363 g/mol. The van der Waals surface area contributed by atoms with Crippen LogP contribution in [0.25, 0.3) is 0 Å². The van der Waals surface area contributed by atoms with Crippen molar-refractivity contribution in [3.8, 4) is 11.8 Å². The lowest BCUT2D eigenvalue weighted by atomic mass is 10.1. The van der Waals surface area contributed by atoms with E-state index in [9.17, 15) is 4.79 Å². The van der Waals surface area contributed by atoms with E-state index in [2.05, 4.69) is 16.7 Å². The number of nitriles is 1. The average Bonchev–Trinajstić information content (AvgIpc) is 3.20. The molecule has 2 aromatic rings. The van der Waals surface area contributed by atoms with Gasteiger partial charge in [0.2, 0.25) is 0 Å². The van der Waals surface area contributed by atoms with E-state index in [0.29, 0.717) is 18.2 Å². The number of nitrogens with zero attached hydrogens (tertiary/aromatic N) is 1. The van der Waals surface area contributed by atoms with Crippen molar-refractivity contribution >= 4 is 6.03 Å². The van der Waals surface area contributed by atoms with Crippen molar-refractivity contribution in [2.24, 2.45) is 0 Å². The van der Waals surface area contributed by atoms with E-state index < -0.39 is 0 Å². The first-order valence-electron chi connectivity index (χ1n) is 9.44. The highest BCUT2D eigenvalue weighted by atomic mass is 16.5. The van der Waals surface area contributed by atoms with Gasteiger partial charge in [0, 0.05) is 6.54 Å². The molecule has 1 fully saturated rings. The minimum atomic E-state index is -0.224. The summed E-state index contributed by atoms with van der Waals surface area (Å²) in [5, 5.41) is 14.6. The summed E-state index contributed by atoms with van der Waals surface area (Å²) in [6, 6.07) is 16.8. The number of hydrogen-bond acceptors (Lipinski definition) is 3. The molecular weight excluding hydrogens is 338 g/mol. The molecule has 0 bridgehead atoms. The maximum absolute atomic E-state index is 12.1. The second-order valence-corrected chi connectivity index (χ2v) is 6.95. The highest BCUT2D eigenvalue weighted by Gasteiger charge is 2.16. The summed E-state index contributed by atoms with van der Waals surface area (Å²) in [7, 11) is 0. The molecule has 1 aliphatic rings. The van der Waals surface area contributed by atoms with Crippen molar-refractivity contribution in [1.82, 2.24) is 10.6 Å². The van der Waals surface area contributed by atoms with Crippen LogP contribution in [0.15, 0.2) is 48.5 Å². The highest BCUT2D eigenvalue weighted by Crippen LogP contribution is 2.24. The van der Waals surface area contributed by atoms with Crippen LogP contribution in [0.2, 0.25) is 0 Å². The number of amides is 2. The maximum Gasteiger partial charge on any atom is 0.315 e. The standard InChI is InChI=1S/C22H25N3O2/c1-16(19-10-6-17(14-23)7-11-19)25-22(26)24-15-18-8-12-21(13-9-18)27-20-4-2-3-5-20/h6-13,16,20H,2-5,15H2,1H3,(H2,24,25,26). The Bertz CT molecular complexity index is 788. The topological polar surface area (TPSA) is 74.2 Å². The monoisotopic (exact) mass is 363 g/mol. The zero-order valence-electron chi connectivity index (χ0n) is 15.6. The van der Waals surface area contributed by atoms with Crippen LogP contribution in [0, 0.1) is 11.3 Å². The molecule has 1 atom stereocenters. The Balaban J connectivity index is 1.44. The van der Waals surface area contributed by atoms with Gasteiger partial charge in [0.1, 0.15) is 5.75 Å². The van der Waals surface area contributed by atoms with Crippen molar-refractivity contribution in [3.05, 3.63) is 65.2 Å². The lowest BCUT2D eigenvalue weighted by Gasteiger charge is -2.16. The molecule has 0 saturated heterocycles. The van der Waals surface area contributed by atoms with Crippen LogP contribution in [0.1, 0.15) is 55.3 Å². The van der Waals surface area contributed by atoms with E-state index in [0.717, 1.165) is 29.7 Å². The van der Waals surface area contributed by atoms with Crippen molar-refractivity contribution in [2.45, 2.75) is 51.3 Å². The normalized spacial score (nSPS) is 15.0. The highest BCUT2D eigenvalue weighted by molar-refractivity contribution is 5.74. The molecule has 2 amide bonds. The lowest BCUT2D eigenvalue weighted by molar-refractivity contribution is 0.210. The van der Waals surface area contributed by atoms with Crippen LogP contribution in [0.3, 0.4) is 0 Å². The number of hydrogen-bond donors (Lipinski definition) is 2. The molecule has 140 valence electrons. The summed E-state index contributed by atoms with van der Waals surface area (Å²) in [6.45, 7) is 2.37. The van der Waals surface area contributed by atoms with E-state index in [1.807, 2.05) is 43.3 Å². The summed E-state index contributed by atoms with van der Waals surface area (Å²) >= 11 is 0. The second kappa shape index (κ2) is 9.09. The van der Waals surface area contributed by atoms with E-state index in [4.69, 9.17) is 10.00 Å². The number of benzene rings is 2. The molecule has 0 spiro atoms. The zero-order valence-corrected chi connectivity index (χ0v) is 15.6. The number of rotatable bonds is 6. The van der Waals surface area contributed by atoms with Gasteiger partial charge in [-0.2, -0.15) is 5.26 Å². The zero-order chi connectivity index (χ0) is 19.1. The van der Waals surface area contributed by atoms with E-state index in [1.165, 1.54) is 12.8 Å². The van der Waals surface area contributed by atoms with E-state index in [-0.39, 0.29) is 12.1 Å². The van der Waals surface area contributed by atoms with Crippen LogP contribution in [-0.4, -0.2) is 12.1 Å². The molecule has 0 heterocycles. The van der Waals surface area contributed by atoms with Crippen LogP contribution < -0.4 is 15.4 Å². The SMILES string of the molecule is CC(NC(=O)NCc1ccc(OC2CCCC2)cc1)c1ccc(C#N)cc1. The third kappa shape index (κ3) is 5.49. The number of carbonyl (C=O) groups excluding carboxylic acids is 1. The minimum Gasteiger partial charge on any atom is -0.490 e. The Labute approximate surface area is 160 Å². The fourth-order valence-electron chi connectivity index (χ4n) is 3.24. The largest absolute Gasteiger partial charge is 0.490 e. The first kappa shape index (κ1) is 18.8. The van der Waals surface area contributed by atoms with Gasteiger partial charge in [-0.05, 0) is 68.0 Å². The van der Waals surface area contributed by atoms with E-state index in [1.54, 1.807) is 12.1 Å². The molecule has 2 aromatic carbocycles. The molecule has 5 heteroatoms. The Morgan fingerprint density at radius 1 is 1.15 bits per heavy atom. The summed E-state index contributed by atoms with van der Waals surface area (Å²) in [5.41, 5.74) is 2.59. The summed E-state index contributed by atoms with van der Waals surface area (Å²) in [6.07, 6.45) is 5.14. The Kier molecular flexibility index (Phi) is 6.32. The second-order valence-electron chi connectivity index (χ2n) is 6.95. The number of carbonyl (C=O) groups is 1. The summed E-state index contributed by atoms with van der Waals surface area (Å²) in [5.74, 6) is 0.893. The molecule has 3 rings (SSSR count). The lowest BCUT2D eigenvalue weighted by Crippen LogP contribution is -2.36. The summed E-state index contributed by atoms with van der Waals surface area (Å²) in [4.78, 5) is 12.1. The van der Waals surface area contributed by atoms with Gasteiger partial charge in [0.05, 0.1) is 23.8 Å². The molecule has 5 nitrogen and oxygen atoms in total. The quantitative estimate of drug-likeness (QED) is 0.797. The van der Waals surface area contributed by atoms with Crippen LogP contribution in [0.4, 0.5) is 4.79 Å². The van der Waals surface area contributed by atoms with Gasteiger partial charge in [-0.3, -0.25) is 0 Å². The van der Waals surface area contributed by atoms with Gasteiger partial charge in [0.15, 0.2) is 0 Å². The van der Waals surface area contributed by atoms with Gasteiger partial charge in [-0.25, -0.2) is 4.79 Å². The van der Waals surface area contributed by atoms with Crippen LogP contribution >= 0.6 is 0 Å². The molecule has 1 aliphatic carbocycles. The fraction of sp³-hybridized carbons (Fsp3) is 0.364. The third-order valence-corrected chi connectivity index (χ3v) is 4.87. The first-order valence-corrected chi connectivity index (χ1v) is 9.44. The van der Waals surface area contributed by atoms with E-state index >= 15 is 0 Å². The molecule has 2 N–H and O–H groups in total. The van der Waals surface area contributed by atoms with Crippen LogP contribution in [0.5, 0.6) is 5.75 Å². The molecular formula is C22H25N3O2. The number of urea groups is 1. The predicted molar refractivity (Wildman–Crippen MR) is 104 cm³/mol. The van der Waals surface area contributed by atoms with Gasteiger partial charge in [-0.1, -0.05) is 24.3 Å². The molecule has 1 saturated carbocycles. The Morgan fingerprint density at radius 3 is 2.44 bits per heavy atom. The molecule has 0 radical (unpaired) electrons. The van der Waals surface area contributed by atoms with Crippen molar-refractivity contribution in [2.75, 3.05) is 0 Å². The van der Waals surface area contributed by atoms with Crippen molar-refractivity contribution in [1.29, 1.82) is 5.26 Å². The Morgan fingerprint density at radius 2 is 1.81 bits per heavy atom. The molecule has 1 unspecified atom stereocenters. The van der Waals surface area contributed by atoms with Gasteiger partial charge in [0.25, 0.3) is 0 Å². The van der Waals surface area contributed by atoms with Crippen molar-refractivity contribution in [3.63, 3.8) is 0 Å². The first-order chi connectivity index (χ1) is 13.1. The van der Waals surface area contributed by atoms with Gasteiger partial charge < -0.3 is 15.4 Å². The molecule has 27 heavy (non-hydrogen) atoms. The smallest absolute Gasteiger partial charge is 0.315 e. The minimum absolute atomic E-state index is 0.139.